The Labute approximate surface area is 192 Å². The summed E-state index contributed by atoms with van der Waals surface area (Å²) in [6, 6.07) is 10.2. The second-order valence-electron chi connectivity index (χ2n) is 6.86. The number of nitrogens with zero attached hydrogens (tertiary/aromatic N) is 4. The van der Waals surface area contributed by atoms with Gasteiger partial charge in [-0.25, -0.2) is 4.79 Å². The number of amides is 1. The third-order valence-electron chi connectivity index (χ3n) is 4.45. The number of rotatable bonds is 10. The molecule has 0 fully saturated rings. The summed E-state index contributed by atoms with van der Waals surface area (Å²) >= 11 is 6.06. The summed E-state index contributed by atoms with van der Waals surface area (Å²) in [5.41, 5.74) is 1.90. The number of benzene rings is 2. The minimum Gasteiger partial charge on any atom is -0.481 e. The Hall–Kier alpha value is -4.25. The molecule has 3 rings (SSSR count). The molecule has 0 aliphatic heterocycles. The second-order valence-corrected chi connectivity index (χ2v) is 7.29. The van der Waals surface area contributed by atoms with Gasteiger partial charge in [0.05, 0.1) is 23.7 Å². The van der Waals surface area contributed by atoms with Gasteiger partial charge in [-0.05, 0) is 59.0 Å². The van der Waals surface area contributed by atoms with Gasteiger partial charge in [0, 0.05) is 28.9 Å². The third-order valence-corrected chi connectivity index (χ3v) is 4.69. The number of hydrogen-bond donors (Lipinski definition) is 4. The molecule has 33 heavy (non-hydrogen) atoms. The van der Waals surface area contributed by atoms with E-state index in [-0.39, 0.29) is 18.5 Å². The Morgan fingerprint density at radius 1 is 1.12 bits per heavy atom. The van der Waals surface area contributed by atoms with Gasteiger partial charge in [-0.2, -0.15) is 4.68 Å². The van der Waals surface area contributed by atoms with Crippen LogP contribution in [0.25, 0.3) is 11.8 Å². The molecule has 0 aliphatic carbocycles. The largest absolute Gasteiger partial charge is 0.481 e. The maximum atomic E-state index is 12.5. The first-order chi connectivity index (χ1) is 15.8. The van der Waals surface area contributed by atoms with E-state index in [0.717, 1.165) is 0 Å². The van der Waals surface area contributed by atoms with Crippen LogP contribution >= 0.6 is 11.6 Å². The van der Waals surface area contributed by atoms with Crippen LogP contribution in [0.1, 0.15) is 22.3 Å². The van der Waals surface area contributed by atoms with E-state index in [9.17, 15) is 19.5 Å². The van der Waals surface area contributed by atoms with Crippen LogP contribution < -0.4 is 10.6 Å². The molecule has 3 aromatic rings. The van der Waals surface area contributed by atoms with Gasteiger partial charge >= 0.3 is 11.9 Å². The highest BCUT2D eigenvalue weighted by atomic mass is 35.5. The molecule has 1 atom stereocenters. The Bertz CT molecular complexity index is 1160. The molecular weight excluding hydrogens is 452 g/mol. The smallest absolute Gasteiger partial charge is 0.335 e. The van der Waals surface area contributed by atoms with Crippen LogP contribution in [0.4, 0.5) is 5.69 Å². The lowest BCUT2D eigenvalue weighted by atomic mass is 10.1. The SMILES string of the molecule is O=C(O)CC(CNc1ccc(C(=O)O)cc1)NC(=O)/C=C/c1cc(Cl)ccc1-n1cnnn1. The van der Waals surface area contributed by atoms with Crippen molar-refractivity contribution in [3.63, 3.8) is 0 Å². The van der Waals surface area contributed by atoms with Gasteiger partial charge in [-0.3, -0.25) is 9.59 Å². The quantitative estimate of drug-likeness (QED) is 0.325. The lowest BCUT2D eigenvalue weighted by Crippen LogP contribution is -2.40. The molecule has 0 spiro atoms. The molecule has 0 aliphatic rings. The van der Waals surface area contributed by atoms with Crippen molar-refractivity contribution in [2.24, 2.45) is 0 Å². The number of carbonyl (C=O) groups excluding carboxylic acids is 1. The van der Waals surface area contributed by atoms with Crippen molar-refractivity contribution in [3.8, 4) is 5.69 Å². The zero-order valence-corrected chi connectivity index (χ0v) is 17.8. The minimum absolute atomic E-state index is 0.116. The number of carboxylic acids is 2. The number of anilines is 1. The van der Waals surface area contributed by atoms with Crippen LogP contribution in [0, 0.1) is 0 Å². The number of nitrogens with one attached hydrogen (secondary N) is 2. The fourth-order valence-electron chi connectivity index (χ4n) is 2.91. The molecule has 1 unspecified atom stereocenters. The number of tetrazole rings is 1. The molecule has 11 nitrogen and oxygen atoms in total. The van der Waals surface area contributed by atoms with Gasteiger partial charge in [0.1, 0.15) is 6.33 Å². The lowest BCUT2D eigenvalue weighted by molar-refractivity contribution is -0.137. The van der Waals surface area contributed by atoms with Gasteiger partial charge in [-0.1, -0.05) is 11.6 Å². The number of aromatic carboxylic acids is 1. The predicted molar refractivity (Wildman–Crippen MR) is 119 cm³/mol. The van der Waals surface area contributed by atoms with E-state index >= 15 is 0 Å². The van der Waals surface area contributed by atoms with Gasteiger partial charge < -0.3 is 20.8 Å². The molecule has 0 radical (unpaired) electrons. The fourth-order valence-corrected chi connectivity index (χ4v) is 3.09. The zero-order valence-electron chi connectivity index (χ0n) is 17.1. The van der Waals surface area contributed by atoms with E-state index in [1.165, 1.54) is 35.3 Å². The van der Waals surface area contributed by atoms with Crippen molar-refractivity contribution in [3.05, 3.63) is 71.0 Å². The highest BCUT2D eigenvalue weighted by Gasteiger charge is 2.15. The number of carbonyl (C=O) groups is 3. The van der Waals surface area contributed by atoms with E-state index in [0.29, 0.717) is 22.0 Å². The van der Waals surface area contributed by atoms with E-state index in [2.05, 4.69) is 26.2 Å². The summed E-state index contributed by atoms with van der Waals surface area (Å²) in [7, 11) is 0. The summed E-state index contributed by atoms with van der Waals surface area (Å²) in [4.78, 5) is 34.6. The van der Waals surface area contributed by atoms with Gasteiger partial charge in [0.15, 0.2) is 0 Å². The van der Waals surface area contributed by atoms with E-state index in [1.807, 2.05) is 0 Å². The molecule has 170 valence electrons. The van der Waals surface area contributed by atoms with Crippen LogP contribution in [-0.2, 0) is 9.59 Å². The van der Waals surface area contributed by atoms with Gasteiger partial charge in [0.25, 0.3) is 0 Å². The Morgan fingerprint density at radius 3 is 2.52 bits per heavy atom. The topological polar surface area (TPSA) is 159 Å². The predicted octanol–water partition coefficient (Wildman–Crippen LogP) is 2.10. The van der Waals surface area contributed by atoms with Crippen molar-refractivity contribution in [1.82, 2.24) is 25.5 Å². The first-order valence-electron chi connectivity index (χ1n) is 9.62. The first-order valence-corrected chi connectivity index (χ1v) is 10.00. The fraction of sp³-hybridized carbons (Fsp3) is 0.143. The van der Waals surface area contributed by atoms with Crippen LogP contribution in [0.5, 0.6) is 0 Å². The summed E-state index contributed by atoms with van der Waals surface area (Å²) in [6.45, 7) is 0.116. The van der Waals surface area contributed by atoms with Crippen LogP contribution in [-0.4, -0.2) is 60.9 Å². The summed E-state index contributed by atoms with van der Waals surface area (Å²) in [5, 5.41) is 35.2. The lowest BCUT2D eigenvalue weighted by Gasteiger charge is -2.17. The molecule has 1 amide bonds. The maximum absolute atomic E-state index is 12.5. The Balaban J connectivity index is 1.67. The molecule has 0 bridgehead atoms. The van der Waals surface area contributed by atoms with E-state index in [4.69, 9.17) is 16.7 Å². The number of halogens is 1. The normalized spacial score (nSPS) is 11.8. The third kappa shape index (κ3) is 6.87. The highest BCUT2D eigenvalue weighted by Crippen LogP contribution is 2.20. The Morgan fingerprint density at radius 2 is 1.88 bits per heavy atom. The second kappa shape index (κ2) is 10.9. The molecule has 1 aromatic heterocycles. The molecule has 0 saturated carbocycles. The van der Waals surface area contributed by atoms with Crippen molar-refractivity contribution < 1.29 is 24.6 Å². The summed E-state index contributed by atoms with van der Waals surface area (Å²) in [6.07, 6.45) is 3.87. The molecule has 1 heterocycles. The van der Waals surface area contributed by atoms with E-state index in [1.54, 1.807) is 30.3 Å². The zero-order chi connectivity index (χ0) is 23.8. The minimum atomic E-state index is -1.08. The summed E-state index contributed by atoms with van der Waals surface area (Å²) < 4.78 is 1.42. The highest BCUT2D eigenvalue weighted by molar-refractivity contribution is 6.30. The molecule has 2 aromatic carbocycles. The first kappa shape index (κ1) is 23.4. The average molecular weight is 471 g/mol. The standard InChI is InChI=1S/C21H19ClN6O5/c22-15-4-7-18(28-12-24-26-27-28)14(9-15)3-8-19(29)25-17(10-20(30)31)11-23-16-5-1-13(2-6-16)21(32)33/h1-9,12,17,23H,10-11H2,(H,25,29)(H,30,31)(H,32,33)/b8-3+. The maximum Gasteiger partial charge on any atom is 0.335 e. The molecule has 12 heteroatoms. The molecule has 4 N–H and O–H groups in total. The average Bonchev–Trinajstić information content (AvgIpc) is 3.30. The molecular formula is C21H19ClN6O5. The number of hydrogen-bond acceptors (Lipinski definition) is 7. The van der Waals surface area contributed by atoms with E-state index < -0.39 is 23.9 Å². The van der Waals surface area contributed by atoms with Crippen molar-refractivity contribution in [2.45, 2.75) is 12.5 Å². The monoisotopic (exact) mass is 470 g/mol. The van der Waals surface area contributed by atoms with Crippen LogP contribution in [0.3, 0.4) is 0 Å². The van der Waals surface area contributed by atoms with Crippen molar-refractivity contribution >= 4 is 41.2 Å². The number of aromatic nitrogens is 4. The summed E-state index contributed by atoms with van der Waals surface area (Å²) in [5.74, 6) is -2.64. The van der Waals surface area contributed by atoms with Crippen molar-refractivity contribution in [1.29, 1.82) is 0 Å². The van der Waals surface area contributed by atoms with Gasteiger partial charge in [-0.15, -0.1) is 5.10 Å². The van der Waals surface area contributed by atoms with Crippen molar-refractivity contribution in [2.75, 3.05) is 11.9 Å². The van der Waals surface area contributed by atoms with Crippen LogP contribution in [0.15, 0.2) is 54.9 Å². The Kier molecular flexibility index (Phi) is 7.71. The molecule has 0 saturated heterocycles. The van der Waals surface area contributed by atoms with Crippen LogP contribution in [0.2, 0.25) is 5.02 Å². The number of aliphatic carboxylic acids is 1. The number of carboxylic acid groups (broad SMARTS) is 2. The van der Waals surface area contributed by atoms with Gasteiger partial charge in [0.2, 0.25) is 5.91 Å².